The topological polar surface area (TPSA) is 35.5 Å². The Morgan fingerprint density at radius 1 is 0.897 bits per heavy atom. The minimum atomic E-state index is -0.434. The Labute approximate surface area is 184 Å². The van der Waals surface area contributed by atoms with E-state index in [1.54, 1.807) is 0 Å². The molecule has 0 amide bonds. The van der Waals surface area contributed by atoms with Gasteiger partial charge in [-0.3, -0.25) is 0 Å². The molecule has 0 aliphatic rings. The third kappa shape index (κ3) is 15.4. The molecule has 1 atom stereocenters. The third-order valence-electron chi connectivity index (χ3n) is 4.99. The van der Waals surface area contributed by atoms with E-state index in [-0.39, 0.29) is 0 Å². The Balaban J connectivity index is 2.18. The second-order valence-corrected chi connectivity index (χ2v) is 10.3. The fraction of sp³-hybridized carbons (Fsp3) is 0.640. The van der Waals surface area contributed by atoms with Crippen LogP contribution in [0.5, 0.6) is 0 Å². The van der Waals surface area contributed by atoms with Gasteiger partial charge in [0.1, 0.15) is 0 Å². The van der Waals surface area contributed by atoms with Crippen molar-refractivity contribution in [2.75, 3.05) is 7.11 Å². The molecule has 164 valence electrons. The van der Waals surface area contributed by atoms with Gasteiger partial charge in [0.2, 0.25) is 0 Å². The van der Waals surface area contributed by atoms with Crippen molar-refractivity contribution in [1.29, 1.82) is 0 Å². The maximum atomic E-state index is 11.5. The van der Waals surface area contributed by atoms with E-state index >= 15 is 0 Å². The molecule has 0 aromatic heterocycles. The van der Waals surface area contributed by atoms with Gasteiger partial charge in [0.05, 0.1) is 0 Å². The first-order valence-electron chi connectivity index (χ1n) is 11.4. The molecule has 0 heterocycles. The molecule has 0 saturated carbocycles. The third-order valence-corrected chi connectivity index (χ3v) is 7.59. The molecule has 4 heteroatoms. The molecule has 0 saturated heterocycles. The van der Waals surface area contributed by atoms with E-state index in [2.05, 4.69) is 41.0 Å². The molecule has 0 aliphatic carbocycles. The number of unbranched alkanes of at least 4 members (excludes halogenated alkanes) is 11. The summed E-state index contributed by atoms with van der Waals surface area (Å²) in [4.78, 5) is 20.9. The van der Waals surface area contributed by atoms with Crippen LogP contribution in [0.1, 0.15) is 90.4 Å². The number of carbonyl (C=O) groups is 1. The summed E-state index contributed by atoms with van der Waals surface area (Å²) >= 11 is 0.322. The number of rotatable bonds is 18. The predicted octanol–water partition coefficient (Wildman–Crippen LogP) is 6.56. The summed E-state index contributed by atoms with van der Waals surface area (Å²) in [6.07, 6.45) is 21.0. The van der Waals surface area contributed by atoms with Gasteiger partial charge in [-0.25, -0.2) is 0 Å². The van der Waals surface area contributed by atoms with Crippen LogP contribution in [0.15, 0.2) is 42.5 Å². The van der Waals surface area contributed by atoms with Crippen LogP contribution >= 0.6 is 0 Å². The minimum absolute atomic E-state index is 0.322. The zero-order chi connectivity index (χ0) is 21.0. The number of benzene rings is 1. The Bertz CT molecular complexity index is 530. The van der Waals surface area contributed by atoms with Crippen LogP contribution in [0.3, 0.4) is 0 Å². The SMILES string of the molecule is CCCCCCCCCCCCCC[C@@H](/C=C/C(=O)OOC)[Se]c1ccccc1. The fourth-order valence-electron chi connectivity index (χ4n) is 3.35. The molecule has 3 nitrogen and oxygen atoms in total. The average Bonchev–Trinajstić information content (AvgIpc) is 2.73. The number of hydrogen-bond acceptors (Lipinski definition) is 3. The van der Waals surface area contributed by atoms with E-state index in [1.807, 2.05) is 12.1 Å². The fourth-order valence-corrected chi connectivity index (χ4v) is 5.67. The standard InChI is InChI=1S/C25H40O3Se/c1-3-4-5-6-7-8-9-10-11-12-13-15-20-24(21-22-25(26)28-27-2)29-23-18-16-14-17-19-23/h14,16-19,21-22,24H,3-13,15,20H2,1-2H3/b22-21+/t24-/m0/s1. The van der Waals surface area contributed by atoms with E-state index in [0.29, 0.717) is 19.8 Å². The van der Waals surface area contributed by atoms with Gasteiger partial charge >= 0.3 is 165 Å². The van der Waals surface area contributed by atoms with Crippen LogP contribution in [0.25, 0.3) is 0 Å². The van der Waals surface area contributed by atoms with Crippen molar-refractivity contribution >= 4 is 25.4 Å². The summed E-state index contributed by atoms with van der Waals surface area (Å²) in [6.45, 7) is 2.27. The van der Waals surface area contributed by atoms with Gasteiger partial charge < -0.3 is 0 Å². The summed E-state index contributed by atoms with van der Waals surface area (Å²) in [6, 6.07) is 10.6. The van der Waals surface area contributed by atoms with Crippen LogP contribution in [-0.4, -0.2) is 28.0 Å². The molecule has 0 N–H and O–H groups in total. The summed E-state index contributed by atoms with van der Waals surface area (Å²) in [7, 11) is 1.35. The van der Waals surface area contributed by atoms with Gasteiger partial charge in [-0.1, -0.05) is 19.8 Å². The molecule has 1 aromatic carbocycles. The van der Waals surface area contributed by atoms with Gasteiger partial charge in [-0.15, -0.1) is 0 Å². The van der Waals surface area contributed by atoms with Gasteiger partial charge in [-0.05, 0) is 0 Å². The average molecular weight is 468 g/mol. The number of hydrogen-bond donors (Lipinski definition) is 0. The van der Waals surface area contributed by atoms with Crippen molar-refractivity contribution < 1.29 is 14.6 Å². The van der Waals surface area contributed by atoms with Gasteiger partial charge in [-0.2, -0.15) is 0 Å². The van der Waals surface area contributed by atoms with E-state index in [1.165, 1.54) is 94.7 Å². The molecule has 0 spiro atoms. The van der Waals surface area contributed by atoms with Crippen LogP contribution in [0.2, 0.25) is 4.82 Å². The molecule has 1 rings (SSSR count). The van der Waals surface area contributed by atoms with Crippen molar-refractivity contribution in [3.8, 4) is 0 Å². The van der Waals surface area contributed by atoms with E-state index in [0.717, 1.165) is 6.42 Å². The Kier molecular flexibility index (Phi) is 16.9. The van der Waals surface area contributed by atoms with Gasteiger partial charge in [0, 0.05) is 0 Å². The molecule has 0 unspecified atom stereocenters. The molecular formula is C25H40O3Se. The van der Waals surface area contributed by atoms with Gasteiger partial charge in [0.25, 0.3) is 0 Å². The summed E-state index contributed by atoms with van der Waals surface area (Å²) < 4.78 is 1.37. The van der Waals surface area contributed by atoms with Crippen molar-refractivity contribution in [1.82, 2.24) is 0 Å². The predicted molar refractivity (Wildman–Crippen MR) is 124 cm³/mol. The molecule has 0 bridgehead atoms. The number of carbonyl (C=O) groups excluding carboxylic acids is 1. The molecule has 1 aromatic rings. The van der Waals surface area contributed by atoms with Crippen molar-refractivity contribution in [3.05, 3.63) is 42.5 Å². The van der Waals surface area contributed by atoms with Crippen LogP contribution in [0, 0.1) is 0 Å². The summed E-state index contributed by atoms with van der Waals surface area (Å²) in [5.74, 6) is -0.434. The summed E-state index contributed by atoms with van der Waals surface area (Å²) in [5, 5.41) is 0. The van der Waals surface area contributed by atoms with Crippen molar-refractivity contribution in [2.24, 2.45) is 0 Å². The van der Waals surface area contributed by atoms with Crippen molar-refractivity contribution in [2.45, 2.75) is 95.2 Å². The molecule has 29 heavy (non-hydrogen) atoms. The Morgan fingerprint density at radius 3 is 2.00 bits per heavy atom. The quantitative estimate of drug-likeness (QED) is 0.0807. The zero-order valence-corrected chi connectivity index (χ0v) is 20.2. The number of allylic oxidation sites excluding steroid dienone is 1. The van der Waals surface area contributed by atoms with Crippen LogP contribution < -0.4 is 4.46 Å². The molecular weight excluding hydrogens is 427 g/mol. The molecule has 0 radical (unpaired) electrons. The Hall–Kier alpha value is -1.09. The van der Waals surface area contributed by atoms with Gasteiger partial charge in [0.15, 0.2) is 0 Å². The van der Waals surface area contributed by atoms with E-state index < -0.39 is 5.97 Å². The first-order valence-corrected chi connectivity index (χ1v) is 13.2. The molecule has 0 aliphatic heterocycles. The first kappa shape index (κ1) is 25.9. The van der Waals surface area contributed by atoms with Crippen molar-refractivity contribution in [3.63, 3.8) is 0 Å². The monoisotopic (exact) mass is 468 g/mol. The van der Waals surface area contributed by atoms with E-state index in [4.69, 9.17) is 0 Å². The van der Waals surface area contributed by atoms with E-state index in [9.17, 15) is 4.79 Å². The second kappa shape index (κ2) is 18.9. The second-order valence-electron chi connectivity index (χ2n) is 7.58. The zero-order valence-electron chi connectivity index (χ0n) is 18.4. The normalized spacial score (nSPS) is 12.3. The maximum absolute atomic E-state index is 11.5. The van der Waals surface area contributed by atoms with Crippen LogP contribution in [0.4, 0.5) is 0 Å². The Morgan fingerprint density at radius 2 is 1.45 bits per heavy atom. The van der Waals surface area contributed by atoms with Crippen LogP contribution in [-0.2, 0) is 14.6 Å². The summed E-state index contributed by atoms with van der Waals surface area (Å²) in [5.41, 5.74) is 0. The molecule has 0 fully saturated rings. The first-order chi connectivity index (χ1) is 14.3.